The van der Waals surface area contributed by atoms with Gasteiger partial charge in [-0.15, -0.1) is 0 Å². The SMILES string of the molecule is COc1cc2c(cc1OC)CN(CCc1ccc(NC(=O)c3ccc(C(=O)O)c(NC(=O)c4ccc5ccccc5n4)c3)cc1)CC2.O=C(O)C(F)(F)F. The highest BCUT2D eigenvalue weighted by atomic mass is 19.4. The molecule has 1 aromatic heterocycles. The normalized spacial score (nSPS) is 12.5. The van der Waals surface area contributed by atoms with E-state index in [9.17, 15) is 32.7 Å². The molecule has 5 aromatic rings. The van der Waals surface area contributed by atoms with Crippen molar-refractivity contribution in [1.82, 2.24) is 9.88 Å². The minimum absolute atomic E-state index is 0.00151. The number of methoxy groups -OCH3 is 2. The van der Waals surface area contributed by atoms with Crippen molar-refractivity contribution in [3.8, 4) is 11.5 Å². The van der Waals surface area contributed by atoms with Crippen LogP contribution in [-0.2, 0) is 24.2 Å². The molecule has 54 heavy (non-hydrogen) atoms. The summed E-state index contributed by atoms with van der Waals surface area (Å²) < 4.78 is 42.7. The summed E-state index contributed by atoms with van der Waals surface area (Å²) in [6, 6.07) is 26.6. The average Bonchev–Trinajstić information content (AvgIpc) is 3.16. The van der Waals surface area contributed by atoms with Crippen LogP contribution in [0.15, 0.2) is 91.0 Å². The number of aliphatic carboxylic acids is 1. The van der Waals surface area contributed by atoms with Crippen molar-refractivity contribution in [3.05, 3.63) is 125 Å². The molecule has 1 aliphatic rings. The second kappa shape index (κ2) is 16.9. The molecule has 0 radical (unpaired) electrons. The zero-order valence-corrected chi connectivity index (χ0v) is 29.1. The van der Waals surface area contributed by atoms with Crippen LogP contribution in [0.5, 0.6) is 11.5 Å². The zero-order chi connectivity index (χ0) is 39.0. The number of nitrogens with one attached hydrogen (secondary N) is 2. The number of nitrogens with zero attached hydrogens (tertiary/aromatic N) is 2. The number of carbonyl (C=O) groups is 4. The Morgan fingerprint density at radius 3 is 2.13 bits per heavy atom. The van der Waals surface area contributed by atoms with E-state index in [1.807, 2.05) is 42.5 Å². The molecule has 6 rings (SSSR count). The van der Waals surface area contributed by atoms with Crippen molar-refractivity contribution in [2.45, 2.75) is 25.6 Å². The van der Waals surface area contributed by atoms with Gasteiger partial charge < -0.3 is 30.3 Å². The first kappa shape index (κ1) is 38.7. The summed E-state index contributed by atoms with van der Waals surface area (Å²) >= 11 is 0. The summed E-state index contributed by atoms with van der Waals surface area (Å²) in [5, 5.41) is 23.2. The quantitative estimate of drug-likeness (QED) is 0.121. The minimum Gasteiger partial charge on any atom is -0.493 e. The maximum Gasteiger partial charge on any atom is 0.490 e. The predicted octanol–water partition coefficient (Wildman–Crippen LogP) is 6.69. The van der Waals surface area contributed by atoms with E-state index < -0.39 is 29.9 Å². The second-order valence-corrected chi connectivity index (χ2v) is 12.1. The Balaban J connectivity index is 0.000000730. The molecule has 0 unspecified atom stereocenters. The summed E-state index contributed by atoms with van der Waals surface area (Å²) in [6.07, 6.45) is -3.29. The number of carboxylic acid groups (broad SMARTS) is 2. The number of fused-ring (bicyclic) bond motifs is 2. The van der Waals surface area contributed by atoms with Gasteiger partial charge in [-0.1, -0.05) is 36.4 Å². The minimum atomic E-state index is -5.08. The maximum atomic E-state index is 13.1. The van der Waals surface area contributed by atoms with Crippen molar-refractivity contribution in [1.29, 1.82) is 0 Å². The van der Waals surface area contributed by atoms with Crippen LogP contribution in [0, 0.1) is 0 Å². The van der Waals surface area contributed by atoms with Crippen LogP contribution in [-0.4, -0.2) is 77.3 Å². The zero-order valence-electron chi connectivity index (χ0n) is 29.1. The Hall–Kier alpha value is -6.48. The molecule has 2 heterocycles. The standard InChI is InChI=1S/C37H34N4O6.C2HF3O2/c1-46-33-20-25-16-18-41(22-27(25)21-34(33)47-2)17-15-23-7-11-28(12-8-23)38-35(42)26-9-13-29(37(44)45)32(19-26)40-36(43)31-14-10-24-5-3-4-6-30(24)39-31;3-2(4,5)1(6)7/h3-14,19-21H,15-18,22H2,1-2H3,(H,38,42)(H,40,43)(H,44,45);(H,6,7). The van der Waals surface area contributed by atoms with Gasteiger partial charge in [0.2, 0.25) is 0 Å². The van der Waals surface area contributed by atoms with Gasteiger partial charge >= 0.3 is 18.1 Å². The van der Waals surface area contributed by atoms with Crippen molar-refractivity contribution in [2.75, 3.05) is 37.9 Å². The molecule has 0 bridgehead atoms. The number of amides is 2. The molecule has 2 amide bonds. The summed E-state index contributed by atoms with van der Waals surface area (Å²) in [7, 11) is 3.30. The largest absolute Gasteiger partial charge is 0.493 e. The molecule has 0 fully saturated rings. The number of aromatic nitrogens is 1. The molecule has 4 N–H and O–H groups in total. The summed E-state index contributed by atoms with van der Waals surface area (Å²) in [4.78, 5) is 53.7. The van der Waals surface area contributed by atoms with Crippen molar-refractivity contribution in [2.24, 2.45) is 0 Å². The van der Waals surface area contributed by atoms with E-state index in [0.29, 0.717) is 11.2 Å². The molecular formula is C39H35F3N4O8. The van der Waals surface area contributed by atoms with Crippen molar-refractivity contribution in [3.63, 3.8) is 0 Å². The molecule has 0 saturated carbocycles. The number of halogens is 3. The van der Waals surface area contributed by atoms with Crippen LogP contribution in [0.1, 0.15) is 47.9 Å². The van der Waals surface area contributed by atoms with Gasteiger partial charge in [0.05, 0.1) is 31.0 Å². The van der Waals surface area contributed by atoms with E-state index in [4.69, 9.17) is 19.4 Å². The highest BCUT2D eigenvalue weighted by molar-refractivity contribution is 6.10. The van der Waals surface area contributed by atoms with Crippen LogP contribution < -0.4 is 20.1 Å². The smallest absolute Gasteiger partial charge is 0.490 e. The molecule has 12 nitrogen and oxygen atoms in total. The molecule has 1 aliphatic heterocycles. The number of pyridine rings is 1. The lowest BCUT2D eigenvalue weighted by Crippen LogP contribution is -2.32. The molecule has 0 aliphatic carbocycles. The van der Waals surface area contributed by atoms with E-state index in [1.165, 1.54) is 29.3 Å². The van der Waals surface area contributed by atoms with Gasteiger partial charge in [-0.05, 0) is 84.1 Å². The van der Waals surface area contributed by atoms with Crippen LogP contribution >= 0.6 is 0 Å². The first-order chi connectivity index (χ1) is 25.7. The van der Waals surface area contributed by atoms with E-state index in [-0.39, 0.29) is 22.5 Å². The van der Waals surface area contributed by atoms with E-state index >= 15 is 0 Å². The third-order valence-corrected chi connectivity index (χ3v) is 8.56. The highest BCUT2D eigenvalue weighted by Crippen LogP contribution is 2.33. The van der Waals surface area contributed by atoms with Gasteiger partial charge in [-0.3, -0.25) is 14.5 Å². The summed E-state index contributed by atoms with van der Waals surface area (Å²) in [6.45, 7) is 2.68. The van der Waals surface area contributed by atoms with Gasteiger partial charge in [0, 0.05) is 36.3 Å². The lowest BCUT2D eigenvalue weighted by molar-refractivity contribution is -0.192. The first-order valence-corrected chi connectivity index (χ1v) is 16.5. The second-order valence-electron chi connectivity index (χ2n) is 12.1. The molecule has 15 heteroatoms. The molecule has 0 saturated heterocycles. The molecule has 0 spiro atoms. The lowest BCUT2D eigenvalue weighted by atomic mass is 9.98. The fraction of sp³-hybridized carbons (Fsp3) is 0.205. The van der Waals surface area contributed by atoms with Gasteiger partial charge in [-0.25, -0.2) is 14.6 Å². The molecular weight excluding hydrogens is 709 g/mol. The number of carboxylic acids is 2. The molecule has 4 aromatic carbocycles. The Morgan fingerprint density at radius 1 is 0.815 bits per heavy atom. The third kappa shape index (κ3) is 9.68. The van der Waals surface area contributed by atoms with Gasteiger partial charge in [-0.2, -0.15) is 13.2 Å². The van der Waals surface area contributed by atoms with Gasteiger partial charge in [0.1, 0.15) is 5.69 Å². The predicted molar refractivity (Wildman–Crippen MR) is 193 cm³/mol. The van der Waals surface area contributed by atoms with E-state index in [2.05, 4.69) is 32.7 Å². The maximum absolute atomic E-state index is 13.1. The number of alkyl halides is 3. The Labute approximate surface area is 307 Å². The fourth-order valence-electron chi connectivity index (χ4n) is 5.73. The number of benzene rings is 4. The number of hydrogen-bond acceptors (Lipinski definition) is 8. The van der Waals surface area contributed by atoms with Crippen LogP contribution in [0.4, 0.5) is 24.5 Å². The molecule has 280 valence electrons. The first-order valence-electron chi connectivity index (χ1n) is 16.5. The fourth-order valence-corrected chi connectivity index (χ4v) is 5.73. The van der Waals surface area contributed by atoms with Crippen molar-refractivity contribution < 1.29 is 52.0 Å². The highest BCUT2D eigenvalue weighted by Gasteiger charge is 2.38. The van der Waals surface area contributed by atoms with Gasteiger partial charge in [0.25, 0.3) is 11.8 Å². The lowest BCUT2D eigenvalue weighted by Gasteiger charge is -2.29. The summed E-state index contributed by atoms with van der Waals surface area (Å²) in [5.41, 5.74) is 5.08. The van der Waals surface area contributed by atoms with Crippen LogP contribution in [0.25, 0.3) is 10.9 Å². The Bertz CT molecular complexity index is 2190. The number of ether oxygens (including phenoxy) is 2. The summed E-state index contributed by atoms with van der Waals surface area (Å²) in [5.74, 6) is -3.52. The van der Waals surface area contributed by atoms with Crippen LogP contribution in [0.3, 0.4) is 0 Å². The number of para-hydroxylation sites is 1. The number of rotatable bonds is 10. The van der Waals surface area contributed by atoms with Crippen LogP contribution in [0.2, 0.25) is 0 Å². The topological polar surface area (TPSA) is 167 Å². The average molecular weight is 745 g/mol. The van der Waals surface area contributed by atoms with Crippen molar-refractivity contribution >= 4 is 46.0 Å². The van der Waals surface area contributed by atoms with E-state index in [0.717, 1.165) is 54.9 Å². The van der Waals surface area contributed by atoms with E-state index in [1.54, 1.807) is 32.4 Å². The monoisotopic (exact) mass is 744 g/mol. The third-order valence-electron chi connectivity index (χ3n) is 8.56. The molecule has 0 atom stereocenters. The number of hydrogen-bond donors (Lipinski definition) is 4. The Morgan fingerprint density at radius 2 is 1.48 bits per heavy atom. The number of aromatic carboxylic acids is 1. The van der Waals surface area contributed by atoms with Gasteiger partial charge in [0.15, 0.2) is 11.5 Å². The number of anilines is 2. The number of carbonyl (C=O) groups excluding carboxylic acids is 2. The Kier molecular flexibility index (Phi) is 12.1.